The standard InChI is InChI=1S/C9H7NO2S/c11-6-8-5-10-9(13-8)4-7-2-1-3-12-7/h1-3,5-6H,4H2. The lowest BCUT2D eigenvalue weighted by atomic mass is 10.3. The second kappa shape index (κ2) is 3.53. The molecule has 0 saturated carbocycles. The first-order valence-electron chi connectivity index (χ1n) is 3.81. The highest BCUT2D eigenvalue weighted by Crippen LogP contribution is 2.15. The highest BCUT2D eigenvalue weighted by molar-refractivity contribution is 7.13. The molecule has 4 heteroatoms. The Morgan fingerprint density at radius 3 is 3.15 bits per heavy atom. The molecule has 0 atom stereocenters. The molecule has 0 radical (unpaired) electrons. The summed E-state index contributed by atoms with van der Waals surface area (Å²) in [6.45, 7) is 0. The van der Waals surface area contributed by atoms with E-state index in [4.69, 9.17) is 4.42 Å². The molecule has 0 amide bonds. The Bertz CT molecular complexity index is 391. The van der Waals surface area contributed by atoms with Crippen LogP contribution in [0.4, 0.5) is 0 Å². The lowest BCUT2D eigenvalue weighted by Gasteiger charge is -1.88. The molecule has 0 spiro atoms. The Hall–Kier alpha value is -1.42. The summed E-state index contributed by atoms with van der Waals surface area (Å²) in [6.07, 6.45) is 4.67. The van der Waals surface area contributed by atoms with E-state index in [9.17, 15) is 4.79 Å². The summed E-state index contributed by atoms with van der Waals surface area (Å²) in [5.41, 5.74) is 0. The van der Waals surface area contributed by atoms with Crippen molar-refractivity contribution in [2.24, 2.45) is 0 Å². The van der Waals surface area contributed by atoms with Crippen LogP contribution >= 0.6 is 11.3 Å². The minimum atomic E-state index is 0.654. The molecule has 2 rings (SSSR count). The Balaban J connectivity index is 2.14. The van der Waals surface area contributed by atoms with E-state index >= 15 is 0 Å². The molecule has 0 unspecified atom stereocenters. The van der Waals surface area contributed by atoms with Crippen LogP contribution in [0.15, 0.2) is 29.0 Å². The first kappa shape index (κ1) is 8.19. The van der Waals surface area contributed by atoms with E-state index in [0.29, 0.717) is 11.3 Å². The smallest absolute Gasteiger partial charge is 0.161 e. The molecule has 0 aromatic carbocycles. The van der Waals surface area contributed by atoms with E-state index in [2.05, 4.69) is 4.98 Å². The Labute approximate surface area is 79.0 Å². The van der Waals surface area contributed by atoms with Gasteiger partial charge in [0.15, 0.2) is 6.29 Å². The van der Waals surface area contributed by atoms with Gasteiger partial charge in [-0.2, -0.15) is 0 Å². The number of furan rings is 1. The number of nitrogens with zero attached hydrogens (tertiary/aromatic N) is 1. The minimum Gasteiger partial charge on any atom is -0.469 e. The molecule has 13 heavy (non-hydrogen) atoms. The van der Waals surface area contributed by atoms with Crippen LogP contribution in [-0.2, 0) is 6.42 Å². The second-order valence-electron chi connectivity index (χ2n) is 2.53. The maximum atomic E-state index is 10.4. The van der Waals surface area contributed by atoms with Crippen molar-refractivity contribution in [3.8, 4) is 0 Å². The molecule has 3 nitrogen and oxygen atoms in total. The third kappa shape index (κ3) is 1.84. The number of rotatable bonds is 3. The molecule has 0 bridgehead atoms. The maximum absolute atomic E-state index is 10.4. The van der Waals surface area contributed by atoms with Crippen molar-refractivity contribution in [2.45, 2.75) is 6.42 Å². The molecule has 0 N–H and O–H groups in total. The first-order chi connectivity index (χ1) is 6.38. The van der Waals surface area contributed by atoms with Crippen molar-refractivity contribution in [2.75, 3.05) is 0 Å². The fourth-order valence-electron chi connectivity index (χ4n) is 1.02. The third-order valence-electron chi connectivity index (χ3n) is 1.59. The largest absolute Gasteiger partial charge is 0.469 e. The zero-order valence-corrected chi connectivity index (χ0v) is 7.58. The number of hydrogen-bond donors (Lipinski definition) is 0. The molecular formula is C9H7NO2S. The van der Waals surface area contributed by atoms with Crippen LogP contribution in [0.2, 0.25) is 0 Å². The summed E-state index contributed by atoms with van der Waals surface area (Å²) in [5, 5.41) is 0.900. The normalized spacial score (nSPS) is 10.2. The number of hydrogen-bond acceptors (Lipinski definition) is 4. The van der Waals surface area contributed by atoms with Crippen molar-refractivity contribution in [3.63, 3.8) is 0 Å². The van der Waals surface area contributed by atoms with Gasteiger partial charge in [-0.25, -0.2) is 4.98 Å². The van der Waals surface area contributed by atoms with Crippen molar-refractivity contribution in [3.05, 3.63) is 40.2 Å². The number of carbonyl (C=O) groups is 1. The van der Waals surface area contributed by atoms with Gasteiger partial charge in [-0.15, -0.1) is 11.3 Å². The lowest BCUT2D eigenvalue weighted by Crippen LogP contribution is -1.81. The SMILES string of the molecule is O=Cc1cnc(Cc2ccco2)s1. The molecule has 2 aromatic rings. The van der Waals surface area contributed by atoms with Gasteiger partial charge < -0.3 is 4.42 Å². The topological polar surface area (TPSA) is 43.1 Å². The van der Waals surface area contributed by atoms with Crippen molar-refractivity contribution in [1.82, 2.24) is 4.98 Å². The zero-order chi connectivity index (χ0) is 9.10. The molecule has 0 saturated heterocycles. The van der Waals surface area contributed by atoms with Crippen LogP contribution in [0.5, 0.6) is 0 Å². The van der Waals surface area contributed by atoms with Gasteiger partial charge in [0.05, 0.1) is 17.6 Å². The van der Waals surface area contributed by atoms with Gasteiger partial charge >= 0.3 is 0 Å². The van der Waals surface area contributed by atoms with E-state index in [1.165, 1.54) is 11.3 Å². The van der Waals surface area contributed by atoms with E-state index in [0.717, 1.165) is 17.1 Å². The Kier molecular flexibility index (Phi) is 2.23. The monoisotopic (exact) mass is 193 g/mol. The van der Waals surface area contributed by atoms with Gasteiger partial charge in [-0.3, -0.25) is 4.79 Å². The molecule has 2 heterocycles. The molecule has 0 aliphatic carbocycles. The zero-order valence-electron chi connectivity index (χ0n) is 6.77. The second-order valence-corrected chi connectivity index (χ2v) is 3.68. The third-order valence-corrected chi connectivity index (χ3v) is 2.52. The summed E-state index contributed by atoms with van der Waals surface area (Å²) in [4.78, 5) is 15.1. The number of thiazole rings is 1. The Morgan fingerprint density at radius 1 is 1.62 bits per heavy atom. The predicted molar refractivity (Wildman–Crippen MR) is 49.0 cm³/mol. The summed E-state index contributed by atoms with van der Waals surface area (Å²) in [7, 11) is 0. The fourth-order valence-corrected chi connectivity index (χ4v) is 1.77. The molecule has 66 valence electrons. The van der Waals surface area contributed by atoms with Crippen LogP contribution in [0.25, 0.3) is 0 Å². The van der Waals surface area contributed by atoms with Crippen molar-refractivity contribution in [1.29, 1.82) is 0 Å². The van der Waals surface area contributed by atoms with E-state index in [1.807, 2.05) is 12.1 Å². The fraction of sp³-hybridized carbons (Fsp3) is 0.111. The van der Waals surface area contributed by atoms with Gasteiger partial charge in [-0.05, 0) is 12.1 Å². The van der Waals surface area contributed by atoms with E-state index in [1.54, 1.807) is 12.5 Å². The minimum absolute atomic E-state index is 0.654. The molecule has 0 aliphatic rings. The Morgan fingerprint density at radius 2 is 2.54 bits per heavy atom. The highest BCUT2D eigenvalue weighted by atomic mass is 32.1. The van der Waals surface area contributed by atoms with Crippen LogP contribution in [0, 0.1) is 0 Å². The maximum Gasteiger partial charge on any atom is 0.161 e. The molecule has 2 aromatic heterocycles. The average Bonchev–Trinajstić information content (AvgIpc) is 2.76. The first-order valence-corrected chi connectivity index (χ1v) is 4.62. The molecule has 0 aliphatic heterocycles. The molecular weight excluding hydrogens is 186 g/mol. The van der Waals surface area contributed by atoms with E-state index < -0.39 is 0 Å². The lowest BCUT2D eigenvalue weighted by molar-refractivity contribution is 0.112. The molecule has 0 fully saturated rings. The van der Waals surface area contributed by atoms with Crippen molar-refractivity contribution >= 4 is 17.6 Å². The van der Waals surface area contributed by atoms with Gasteiger partial charge in [0.1, 0.15) is 10.8 Å². The summed E-state index contributed by atoms with van der Waals surface area (Å²) >= 11 is 1.39. The van der Waals surface area contributed by atoms with Gasteiger partial charge in [0, 0.05) is 6.20 Å². The van der Waals surface area contributed by atoms with Crippen molar-refractivity contribution < 1.29 is 9.21 Å². The number of aldehydes is 1. The summed E-state index contributed by atoms with van der Waals surface area (Å²) in [5.74, 6) is 0.867. The predicted octanol–water partition coefficient (Wildman–Crippen LogP) is 2.14. The van der Waals surface area contributed by atoms with Crippen LogP contribution < -0.4 is 0 Å². The van der Waals surface area contributed by atoms with Crippen LogP contribution in [0.3, 0.4) is 0 Å². The van der Waals surface area contributed by atoms with E-state index in [-0.39, 0.29) is 0 Å². The number of aromatic nitrogens is 1. The van der Waals surface area contributed by atoms with Crippen LogP contribution in [-0.4, -0.2) is 11.3 Å². The quantitative estimate of drug-likeness (QED) is 0.701. The van der Waals surface area contributed by atoms with Gasteiger partial charge in [-0.1, -0.05) is 0 Å². The van der Waals surface area contributed by atoms with Crippen LogP contribution in [0.1, 0.15) is 20.4 Å². The summed E-state index contributed by atoms with van der Waals surface area (Å²) in [6, 6.07) is 3.73. The highest BCUT2D eigenvalue weighted by Gasteiger charge is 2.03. The number of carbonyl (C=O) groups excluding carboxylic acids is 1. The van der Waals surface area contributed by atoms with Gasteiger partial charge in [0.25, 0.3) is 0 Å². The summed E-state index contributed by atoms with van der Waals surface area (Å²) < 4.78 is 5.16. The average molecular weight is 193 g/mol. The van der Waals surface area contributed by atoms with Gasteiger partial charge in [0.2, 0.25) is 0 Å².